The number of benzene rings is 1. The summed E-state index contributed by atoms with van der Waals surface area (Å²) >= 11 is 5.92. The van der Waals surface area contributed by atoms with Crippen LogP contribution in [0.25, 0.3) is 0 Å². The number of rotatable bonds is 2. The lowest BCUT2D eigenvalue weighted by molar-refractivity contribution is -0.130. The zero-order chi connectivity index (χ0) is 13.4. The third kappa shape index (κ3) is 2.48. The van der Waals surface area contributed by atoms with Crippen molar-refractivity contribution in [1.29, 1.82) is 0 Å². The van der Waals surface area contributed by atoms with Crippen LogP contribution < -0.4 is 5.32 Å². The summed E-state index contributed by atoms with van der Waals surface area (Å²) in [6.45, 7) is 2.44. The molecule has 102 valence electrons. The SMILES string of the molecule is CN1CCC(N2C(=O)CNC2c2ccc(Cl)cc2)C1. The lowest BCUT2D eigenvalue weighted by Gasteiger charge is -2.30. The van der Waals surface area contributed by atoms with Crippen LogP contribution in [0.1, 0.15) is 18.2 Å². The highest BCUT2D eigenvalue weighted by atomic mass is 35.5. The first kappa shape index (κ1) is 12.9. The van der Waals surface area contributed by atoms with Gasteiger partial charge in [-0.1, -0.05) is 23.7 Å². The van der Waals surface area contributed by atoms with E-state index in [1.807, 2.05) is 29.2 Å². The van der Waals surface area contributed by atoms with E-state index in [4.69, 9.17) is 11.6 Å². The smallest absolute Gasteiger partial charge is 0.238 e. The van der Waals surface area contributed by atoms with Gasteiger partial charge in [-0.05, 0) is 37.7 Å². The molecule has 3 rings (SSSR count). The molecular weight excluding hydrogens is 262 g/mol. The molecule has 2 fully saturated rings. The third-order valence-electron chi connectivity index (χ3n) is 3.96. The van der Waals surface area contributed by atoms with Crippen LogP contribution in [-0.4, -0.2) is 48.4 Å². The number of nitrogens with zero attached hydrogens (tertiary/aromatic N) is 2. The standard InChI is InChI=1S/C14H18ClN3O/c1-17-7-6-12(9-17)18-13(19)8-16-14(18)10-2-4-11(15)5-3-10/h2-5,12,14,16H,6-9H2,1H3. The van der Waals surface area contributed by atoms with E-state index in [1.54, 1.807) is 0 Å². The molecule has 2 aliphatic rings. The highest BCUT2D eigenvalue weighted by molar-refractivity contribution is 6.30. The van der Waals surface area contributed by atoms with E-state index in [-0.39, 0.29) is 12.1 Å². The summed E-state index contributed by atoms with van der Waals surface area (Å²) in [5, 5.41) is 4.02. The Morgan fingerprint density at radius 2 is 2.05 bits per heavy atom. The number of hydrogen-bond acceptors (Lipinski definition) is 3. The van der Waals surface area contributed by atoms with Gasteiger partial charge in [0, 0.05) is 17.6 Å². The summed E-state index contributed by atoms with van der Waals surface area (Å²) in [7, 11) is 2.10. The van der Waals surface area contributed by atoms with Crippen molar-refractivity contribution >= 4 is 17.5 Å². The van der Waals surface area contributed by atoms with Gasteiger partial charge in [0.2, 0.25) is 5.91 Å². The summed E-state index contributed by atoms with van der Waals surface area (Å²) in [6.07, 6.45) is 1.04. The Labute approximate surface area is 118 Å². The van der Waals surface area contributed by atoms with Gasteiger partial charge in [-0.25, -0.2) is 0 Å². The van der Waals surface area contributed by atoms with E-state index in [9.17, 15) is 4.79 Å². The zero-order valence-electron chi connectivity index (χ0n) is 11.0. The van der Waals surface area contributed by atoms with E-state index in [0.717, 1.165) is 30.1 Å². The number of likely N-dealkylation sites (N-methyl/N-ethyl adjacent to an activating group) is 1. The first-order chi connectivity index (χ1) is 9.15. The zero-order valence-corrected chi connectivity index (χ0v) is 11.7. The van der Waals surface area contributed by atoms with Crippen molar-refractivity contribution in [3.8, 4) is 0 Å². The Kier molecular flexibility index (Phi) is 3.48. The fraction of sp³-hybridized carbons (Fsp3) is 0.500. The first-order valence-electron chi connectivity index (χ1n) is 6.64. The fourth-order valence-corrected chi connectivity index (χ4v) is 3.12. The van der Waals surface area contributed by atoms with E-state index >= 15 is 0 Å². The Bertz CT molecular complexity index is 476. The van der Waals surface area contributed by atoms with Gasteiger partial charge in [0.15, 0.2) is 0 Å². The van der Waals surface area contributed by atoms with Gasteiger partial charge in [-0.15, -0.1) is 0 Å². The topological polar surface area (TPSA) is 35.6 Å². The quantitative estimate of drug-likeness (QED) is 0.891. The number of hydrogen-bond donors (Lipinski definition) is 1. The maximum atomic E-state index is 12.1. The summed E-state index contributed by atoms with van der Waals surface area (Å²) in [5.41, 5.74) is 1.10. The minimum Gasteiger partial charge on any atom is -0.317 e. The van der Waals surface area contributed by atoms with Gasteiger partial charge < -0.3 is 9.80 Å². The maximum Gasteiger partial charge on any atom is 0.238 e. The molecule has 2 unspecified atom stereocenters. The molecule has 5 heteroatoms. The molecule has 1 aromatic rings. The van der Waals surface area contributed by atoms with Gasteiger partial charge in [0.25, 0.3) is 0 Å². The van der Waals surface area contributed by atoms with Crippen LogP contribution in [-0.2, 0) is 4.79 Å². The van der Waals surface area contributed by atoms with Crippen molar-refractivity contribution in [2.24, 2.45) is 0 Å². The molecule has 1 amide bonds. The molecule has 19 heavy (non-hydrogen) atoms. The number of carbonyl (C=O) groups excluding carboxylic acids is 1. The number of carbonyl (C=O) groups is 1. The minimum atomic E-state index is -0.0127. The van der Waals surface area contributed by atoms with Crippen LogP contribution in [0.2, 0.25) is 5.02 Å². The number of amides is 1. The van der Waals surface area contributed by atoms with E-state index in [2.05, 4.69) is 17.3 Å². The summed E-state index contributed by atoms with van der Waals surface area (Å²) < 4.78 is 0. The van der Waals surface area contributed by atoms with Crippen molar-refractivity contribution in [3.63, 3.8) is 0 Å². The molecule has 2 heterocycles. The normalized spacial score (nSPS) is 28.3. The van der Waals surface area contributed by atoms with E-state index in [1.165, 1.54) is 0 Å². The van der Waals surface area contributed by atoms with E-state index < -0.39 is 0 Å². The van der Waals surface area contributed by atoms with Crippen LogP contribution in [0.4, 0.5) is 0 Å². The second-order valence-electron chi connectivity index (χ2n) is 5.34. The molecule has 0 saturated carbocycles. The molecule has 4 nitrogen and oxygen atoms in total. The monoisotopic (exact) mass is 279 g/mol. The van der Waals surface area contributed by atoms with Gasteiger partial charge in [0.1, 0.15) is 6.17 Å². The van der Waals surface area contributed by atoms with Crippen LogP contribution in [0.3, 0.4) is 0 Å². The maximum absolute atomic E-state index is 12.1. The Hall–Kier alpha value is -1.10. The van der Waals surface area contributed by atoms with Crippen molar-refractivity contribution < 1.29 is 4.79 Å². The molecule has 2 atom stereocenters. The number of likely N-dealkylation sites (tertiary alicyclic amines) is 1. The summed E-state index contributed by atoms with van der Waals surface area (Å²) in [6, 6.07) is 8.04. The second-order valence-corrected chi connectivity index (χ2v) is 5.78. The van der Waals surface area contributed by atoms with Crippen LogP contribution in [0.5, 0.6) is 0 Å². The van der Waals surface area contributed by atoms with Crippen molar-refractivity contribution in [1.82, 2.24) is 15.1 Å². The lowest BCUT2D eigenvalue weighted by Crippen LogP contribution is -2.41. The largest absolute Gasteiger partial charge is 0.317 e. The second kappa shape index (κ2) is 5.12. The predicted octanol–water partition coefficient (Wildman–Crippen LogP) is 1.47. The van der Waals surface area contributed by atoms with Gasteiger partial charge >= 0.3 is 0 Å². The molecule has 1 N–H and O–H groups in total. The molecule has 2 aliphatic heterocycles. The third-order valence-corrected chi connectivity index (χ3v) is 4.21. The Morgan fingerprint density at radius 1 is 1.32 bits per heavy atom. The molecular formula is C14H18ClN3O. The molecule has 0 spiro atoms. The molecule has 1 aromatic carbocycles. The van der Waals surface area contributed by atoms with Crippen LogP contribution >= 0.6 is 11.6 Å². The van der Waals surface area contributed by atoms with E-state index in [0.29, 0.717) is 12.6 Å². The van der Waals surface area contributed by atoms with Gasteiger partial charge in [-0.3, -0.25) is 10.1 Å². The molecule has 0 aliphatic carbocycles. The lowest BCUT2D eigenvalue weighted by atomic mass is 10.1. The van der Waals surface area contributed by atoms with Crippen LogP contribution in [0, 0.1) is 0 Å². The Morgan fingerprint density at radius 3 is 2.68 bits per heavy atom. The van der Waals surface area contributed by atoms with Crippen molar-refractivity contribution in [2.75, 3.05) is 26.7 Å². The average Bonchev–Trinajstić information content (AvgIpc) is 2.96. The molecule has 0 radical (unpaired) electrons. The van der Waals surface area contributed by atoms with Crippen molar-refractivity contribution in [3.05, 3.63) is 34.9 Å². The summed E-state index contributed by atoms with van der Waals surface area (Å²) in [5.74, 6) is 0.195. The molecule has 2 saturated heterocycles. The average molecular weight is 280 g/mol. The Balaban J connectivity index is 1.84. The van der Waals surface area contributed by atoms with Crippen molar-refractivity contribution in [2.45, 2.75) is 18.6 Å². The highest BCUT2D eigenvalue weighted by Gasteiger charge is 2.38. The molecule has 0 bridgehead atoms. The number of halogens is 1. The molecule has 0 aromatic heterocycles. The van der Waals surface area contributed by atoms with Crippen LogP contribution in [0.15, 0.2) is 24.3 Å². The highest BCUT2D eigenvalue weighted by Crippen LogP contribution is 2.29. The summed E-state index contributed by atoms with van der Waals surface area (Å²) in [4.78, 5) is 16.4. The fourth-order valence-electron chi connectivity index (χ4n) is 2.99. The van der Waals surface area contributed by atoms with Gasteiger partial charge in [-0.2, -0.15) is 0 Å². The van der Waals surface area contributed by atoms with Gasteiger partial charge in [0.05, 0.1) is 6.54 Å². The minimum absolute atomic E-state index is 0.0127. The number of nitrogens with one attached hydrogen (secondary N) is 1. The predicted molar refractivity (Wildman–Crippen MR) is 74.9 cm³/mol. The first-order valence-corrected chi connectivity index (χ1v) is 7.01.